The summed E-state index contributed by atoms with van der Waals surface area (Å²) in [6.45, 7) is 0. The molecule has 129 heavy (non-hydrogen) atoms. The van der Waals surface area contributed by atoms with Gasteiger partial charge < -0.3 is 0 Å². The highest BCUT2D eigenvalue weighted by atomic mass is 15.1. The van der Waals surface area contributed by atoms with Crippen LogP contribution in [0.4, 0.5) is 0 Å². The van der Waals surface area contributed by atoms with Gasteiger partial charge in [-0.25, -0.2) is 4.98 Å². The Morgan fingerprint density at radius 1 is 0.140 bits per heavy atom. The van der Waals surface area contributed by atoms with E-state index in [2.05, 4.69) is 502 Å². The molecule has 0 aliphatic carbocycles. The van der Waals surface area contributed by atoms with E-state index in [0.29, 0.717) is 0 Å². The second-order valence-electron chi connectivity index (χ2n) is 33.7. The van der Waals surface area contributed by atoms with Crippen LogP contribution in [0, 0.1) is 0 Å². The normalized spacial score (nSPS) is 11.6. The third-order valence-electron chi connectivity index (χ3n) is 26.4. The minimum atomic E-state index is 0.935. The van der Waals surface area contributed by atoms with Crippen molar-refractivity contribution in [1.82, 2.24) is 9.55 Å². The number of benzene rings is 25. The van der Waals surface area contributed by atoms with Crippen LogP contribution in [0.2, 0.25) is 0 Å². The van der Waals surface area contributed by atoms with Crippen LogP contribution in [-0.4, -0.2) is 9.55 Å². The van der Waals surface area contributed by atoms with Crippen molar-refractivity contribution < 1.29 is 0 Å². The maximum Gasteiger partial charge on any atom is 0.145 e. The molecule has 26 rings (SSSR count). The van der Waals surface area contributed by atoms with Gasteiger partial charge in [0.25, 0.3) is 0 Å². The molecular weight excluding hydrogens is 1550 g/mol. The predicted octanol–water partition coefficient (Wildman–Crippen LogP) is 35.2. The molecule has 2 nitrogen and oxygen atoms in total. The Bertz CT molecular complexity index is 8770. The molecule has 2 heteroatoms. The van der Waals surface area contributed by atoms with Crippen molar-refractivity contribution in [3.63, 3.8) is 0 Å². The van der Waals surface area contributed by atoms with E-state index in [9.17, 15) is 0 Å². The quantitative estimate of drug-likeness (QED) is 0.0986. The Balaban J connectivity index is 0.000000108. The van der Waals surface area contributed by atoms with Crippen LogP contribution in [-0.2, 0) is 0 Å². The first-order valence-corrected chi connectivity index (χ1v) is 44.6. The molecule has 0 bridgehead atoms. The molecule has 0 atom stereocenters. The minimum absolute atomic E-state index is 0.935. The highest BCUT2D eigenvalue weighted by molar-refractivity contribution is 6.28. The molecule has 0 aliphatic rings. The average molecular weight is 1640 g/mol. The third kappa shape index (κ3) is 13.2. The zero-order valence-corrected chi connectivity index (χ0v) is 70.7. The van der Waals surface area contributed by atoms with Gasteiger partial charge in [0, 0.05) is 11.3 Å². The van der Waals surface area contributed by atoms with Crippen molar-refractivity contribution >= 4 is 140 Å². The van der Waals surface area contributed by atoms with Crippen LogP contribution in [0.5, 0.6) is 0 Å². The zero-order chi connectivity index (χ0) is 85.2. The summed E-state index contributed by atoms with van der Waals surface area (Å²) in [5, 5.41) is 30.5. The van der Waals surface area contributed by atoms with Crippen LogP contribution in [0.15, 0.2) is 497 Å². The third-order valence-corrected chi connectivity index (χ3v) is 26.4. The fraction of sp³-hybridized carbons (Fsp3) is 0. The predicted molar refractivity (Wildman–Crippen MR) is 553 cm³/mol. The molecule has 1 heterocycles. The fourth-order valence-electron chi connectivity index (χ4n) is 20.8. The molecule has 0 radical (unpaired) electrons. The van der Waals surface area contributed by atoms with Gasteiger partial charge in [0.15, 0.2) is 0 Å². The van der Waals surface area contributed by atoms with Crippen molar-refractivity contribution in [2.24, 2.45) is 0 Å². The van der Waals surface area contributed by atoms with Gasteiger partial charge in [-0.3, -0.25) is 4.57 Å². The molecule has 0 unspecified atom stereocenters. The number of rotatable bonds is 10. The van der Waals surface area contributed by atoms with E-state index in [-0.39, 0.29) is 0 Å². The fourth-order valence-corrected chi connectivity index (χ4v) is 20.8. The smallest absolute Gasteiger partial charge is 0.145 e. The number of nitrogens with zero attached hydrogens (tertiary/aromatic N) is 2. The van der Waals surface area contributed by atoms with Gasteiger partial charge in [-0.1, -0.05) is 449 Å². The van der Waals surface area contributed by atoms with Crippen molar-refractivity contribution in [3.8, 4) is 106 Å². The lowest BCUT2D eigenvalue weighted by Crippen LogP contribution is -1.97. The Kier molecular flexibility index (Phi) is 19.0. The van der Waals surface area contributed by atoms with Gasteiger partial charge in [-0.2, -0.15) is 0 Å². The SMILES string of the molecule is c1cc(-c2cccc3ccccc23)cc(-c2c3ccccc3c(-c3cc4ccccc4c4ccccc34)c3ccccc23)c1.c1cc(-c2cccc3ccccc23)cc(-c2c3ccccc3c(-c3cccc4ccccc34)c3ccccc23)c1.c1ccc(-n2c(-c3cccc(-c4c5ccccc5c(-c5cccc6ccccc56)c5ccccc45)c3)nc3ccccc32)cc1. The first-order valence-electron chi connectivity index (χ1n) is 44.6. The van der Waals surface area contributed by atoms with Crippen LogP contribution in [0.3, 0.4) is 0 Å². The van der Waals surface area contributed by atoms with E-state index in [0.717, 1.165) is 28.1 Å². The summed E-state index contributed by atoms with van der Waals surface area (Å²) >= 11 is 0. The Hall–Kier alpha value is -16.9. The summed E-state index contributed by atoms with van der Waals surface area (Å²) in [6, 6.07) is 181. The van der Waals surface area contributed by atoms with E-state index < -0.39 is 0 Å². The molecular formula is C127H82N2. The summed E-state index contributed by atoms with van der Waals surface area (Å²) in [7, 11) is 0. The van der Waals surface area contributed by atoms with E-state index in [1.165, 1.54) is 218 Å². The lowest BCUT2D eigenvalue weighted by Gasteiger charge is -2.20. The monoisotopic (exact) mass is 1630 g/mol. The highest BCUT2D eigenvalue weighted by Gasteiger charge is 2.25. The number of hydrogen-bond donors (Lipinski definition) is 0. The van der Waals surface area contributed by atoms with E-state index in [1.54, 1.807) is 0 Å². The molecule has 0 saturated carbocycles. The second-order valence-corrected chi connectivity index (χ2v) is 33.7. The summed E-state index contributed by atoms with van der Waals surface area (Å²) in [5.41, 5.74) is 24.4. The topological polar surface area (TPSA) is 17.8 Å². The van der Waals surface area contributed by atoms with Gasteiger partial charge >= 0.3 is 0 Å². The van der Waals surface area contributed by atoms with Gasteiger partial charge in [-0.15, -0.1) is 0 Å². The Morgan fingerprint density at radius 2 is 0.395 bits per heavy atom. The van der Waals surface area contributed by atoms with Gasteiger partial charge in [-0.05, 0) is 267 Å². The molecule has 0 fully saturated rings. The van der Waals surface area contributed by atoms with E-state index in [1.807, 2.05) is 0 Å². The number of imidazole rings is 1. The maximum atomic E-state index is 5.16. The van der Waals surface area contributed by atoms with Crippen LogP contribution < -0.4 is 0 Å². The lowest BCUT2D eigenvalue weighted by atomic mass is 9.83. The molecule has 0 N–H and O–H groups in total. The molecule has 0 saturated heterocycles. The second kappa shape index (κ2) is 32.3. The Labute approximate surface area is 748 Å². The van der Waals surface area contributed by atoms with Crippen molar-refractivity contribution in [2.75, 3.05) is 0 Å². The van der Waals surface area contributed by atoms with Crippen molar-refractivity contribution in [1.29, 1.82) is 0 Å². The highest BCUT2D eigenvalue weighted by Crippen LogP contribution is 2.52. The molecule has 600 valence electrons. The lowest BCUT2D eigenvalue weighted by molar-refractivity contribution is 1.10. The number of fused-ring (bicyclic) bond motifs is 14. The molecule has 25 aromatic carbocycles. The number of para-hydroxylation sites is 3. The van der Waals surface area contributed by atoms with Gasteiger partial charge in [0.2, 0.25) is 0 Å². The molecule has 0 aliphatic heterocycles. The summed E-state index contributed by atoms with van der Waals surface area (Å²) < 4.78 is 2.27. The van der Waals surface area contributed by atoms with Crippen LogP contribution >= 0.6 is 0 Å². The molecule has 26 aromatic rings. The van der Waals surface area contributed by atoms with E-state index in [4.69, 9.17) is 4.98 Å². The first-order chi connectivity index (χ1) is 64.1. The van der Waals surface area contributed by atoms with Gasteiger partial charge in [0.1, 0.15) is 5.82 Å². The minimum Gasteiger partial charge on any atom is -0.292 e. The standard InChI is InChI=1S/C44H28.C43H28N2.C40H26/c1-3-18-33-29(13-1)15-12-26-34(33)30-16-11-17-32(27-30)43-38-22-7-9-24-40(38)44(41-25-10-8-23-39(41)43)42-28-31-14-2-4-19-35(31)36-20-5-6-21-37(36)42;1-2-18-32(19-3-1)45-40-27-11-10-26-39(40)44-43(45)31-17-12-16-30(28-31)41-35-21-6-8-23-37(35)42(38-24-9-7-22-36(38)41)34-25-13-15-29-14-4-5-20-33(29)34;1-3-18-31-27(12-1)14-10-24-33(31)29-16-9-17-30(26-29)39-35-20-5-7-22-37(35)40(38-23-8-6-21-36(38)39)34-25-11-15-28-13-2-4-19-32(28)34/h1-28H;1-28H;1-26H. The van der Waals surface area contributed by atoms with Crippen LogP contribution in [0.25, 0.3) is 246 Å². The Morgan fingerprint density at radius 3 is 0.791 bits per heavy atom. The number of hydrogen-bond acceptors (Lipinski definition) is 1. The van der Waals surface area contributed by atoms with Gasteiger partial charge in [0.05, 0.1) is 11.0 Å². The van der Waals surface area contributed by atoms with Crippen LogP contribution in [0.1, 0.15) is 0 Å². The van der Waals surface area contributed by atoms with Crippen molar-refractivity contribution in [3.05, 3.63) is 497 Å². The largest absolute Gasteiger partial charge is 0.292 e. The average Bonchev–Trinajstić information content (AvgIpc) is 1.18. The molecule has 1 aromatic heterocycles. The zero-order valence-electron chi connectivity index (χ0n) is 70.7. The van der Waals surface area contributed by atoms with E-state index >= 15 is 0 Å². The first kappa shape index (κ1) is 75.8. The summed E-state index contributed by atoms with van der Waals surface area (Å²) in [4.78, 5) is 5.16. The summed E-state index contributed by atoms with van der Waals surface area (Å²) in [5.74, 6) is 0.935. The number of aromatic nitrogens is 2. The molecule has 0 spiro atoms. The summed E-state index contributed by atoms with van der Waals surface area (Å²) in [6.07, 6.45) is 0. The maximum absolute atomic E-state index is 5.16. The van der Waals surface area contributed by atoms with Crippen molar-refractivity contribution in [2.45, 2.75) is 0 Å². The molecule has 0 amide bonds.